The maximum Gasteiger partial charge on any atom is 0.303 e. The number of carbonyl (C=O) groups is 3. The van der Waals surface area contributed by atoms with Crippen molar-refractivity contribution in [3.05, 3.63) is 24.3 Å². The summed E-state index contributed by atoms with van der Waals surface area (Å²) < 4.78 is 5.68. The number of piperidine rings is 1. The number of anilines is 1. The van der Waals surface area contributed by atoms with E-state index in [1.807, 2.05) is 12.1 Å². The van der Waals surface area contributed by atoms with Gasteiger partial charge in [0.1, 0.15) is 5.75 Å². The molecule has 0 aromatic heterocycles. The molecule has 1 unspecified atom stereocenters. The summed E-state index contributed by atoms with van der Waals surface area (Å²) in [7, 11) is 0. The van der Waals surface area contributed by atoms with Crippen molar-refractivity contribution in [3.8, 4) is 5.75 Å². The molecule has 2 aliphatic rings. The Bertz CT molecular complexity index is 705. The maximum atomic E-state index is 12.6. The molecule has 1 N–H and O–H groups in total. The molecule has 1 aromatic rings. The first kappa shape index (κ1) is 19.2. The van der Waals surface area contributed by atoms with E-state index >= 15 is 0 Å². The van der Waals surface area contributed by atoms with Crippen LogP contribution in [0.4, 0.5) is 5.69 Å². The minimum absolute atomic E-state index is 0.0282. The molecular formula is C20H26N2O5. The van der Waals surface area contributed by atoms with Crippen LogP contribution >= 0.6 is 0 Å². The van der Waals surface area contributed by atoms with Gasteiger partial charge in [-0.2, -0.15) is 0 Å². The molecule has 1 aromatic carbocycles. The first-order chi connectivity index (χ1) is 13.0. The van der Waals surface area contributed by atoms with Crippen LogP contribution in [0.5, 0.6) is 5.75 Å². The van der Waals surface area contributed by atoms with E-state index in [-0.39, 0.29) is 30.9 Å². The van der Waals surface area contributed by atoms with Crippen LogP contribution in [-0.2, 0) is 14.4 Å². The molecule has 3 rings (SSSR count). The van der Waals surface area contributed by atoms with Crippen molar-refractivity contribution >= 4 is 23.5 Å². The number of likely N-dealkylation sites (tertiary alicyclic amines) is 1. The summed E-state index contributed by atoms with van der Waals surface area (Å²) in [5.74, 6) is -0.289. The van der Waals surface area contributed by atoms with E-state index in [1.54, 1.807) is 21.9 Å². The second kappa shape index (κ2) is 8.88. The van der Waals surface area contributed by atoms with E-state index in [9.17, 15) is 14.4 Å². The zero-order valence-corrected chi connectivity index (χ0v) is 15.4. The van der Waals surface area contributed by atoms with Crippen LogP contribution in [0, 0.1) is 0 Å². The van der Waals surface area contributed by atoms with E-state index in [0.717, 1.165) is 31.4 Å². The number of carbonyl (C=O) groups excluding carboxylic acids is 2. The van der Waals surface area contributed by atoms with Gasteiger partial charge in [0.05, 0.1) is 0 Å². The van der Waals surface area contributed by atoms with Gasteiger partial charge < -0.3 is 19.6 Å². The highest BCUT2D eigenvalue weighted by Gasteiger charge is 2.27. The van der Waals surface area contributed by atoms with Crippen molar-refractivity contribution in [3.63, 3.8) is 0 Å². The molecule has 1 atom stereocenters. The Morgan fingerprint density at radius 3 is 2.78 bits per heavy atom. The number of carboxylic acid groups (broad SMARTS) is 1. The summed E-state index contributed by atoms with van der Waals surface area (Å²) >= 11 is 0. The molecule has 2 heterocycles. The van der Waals surface area contributed by atoms with E-state index in [0.29, 0.717) is 31.7 Å². The monoisotopic (exact) mass is 374 g/mol. The van der Waals surface area contributed by atoms with Gasteiger partial charge in [-0.1, -0.05) is 6.07 Å². The third kappa shape index (κ3) is 4.99. The number of ether oxygens (including phenoxy) is 1. The standard InChI is InChI=1S/C20H26N2O5/c23-18-8-4-12-22(18)16-6-3-7-17(13-16)27-14-19(24)21-11-2-1-5-15(21)9-10-20(25)26/h3,6-7,13,15H,1-2,4-5,8-12,14H2,(H,25,26). The number of amides is 2. The van der Waals surface area contributed by atoms with Gasteiger partial charge in [-0.3, -0.25) is 14.4 Å². The van der Waals surface area contributed by atoms with Crippen LogP contribution in [0.3, 0.4) is 0 Å². The van der Waals surface area contributed by atoms with E-state index in [4.69, 9.17) is 9.84 Å². The number of hydrogen-bond donors (Lipinski definition) is 1. The minimum atomic E-state index is -0.836. The fourth-order valence-corrected chi connectivity index (χ4v) is 3.81. The molecule has 2 aliphatic heterocycles. The molecule has 7 heteroatoms. The van der Waals surface area contributed by atoms with Crippen molar-refractivity contribution in [2.24, 2.45) is 0 Å². The molecule has 7 nitrogen and oxygen atoms in total. The van der Waals surface area contributed by atoms with Gasteiger partial charge in [0.25, 0.3) is 5.91 Å². The van der Waals surface area contributed by atoms with Gasteiger partial charge >= 0.3 is 5.97 Å². The normalized spacial score (nSPS) is 20.0. The topological polar surface area (TPSA) is 87.2 Å². The number of aliphatic carboxylic acids is 1. The van der Waals surface area contributed by atoms with Gasteiger partial charge in [-0.25, -0.2) is 0 Å². The molecule has 2 fully saturated rings. The van der Waals surface area contributed by atoms with Crippen molar-refractivity contribution in [1.29, 1.82) is 0 Å². The van der Waals surface area contributed by atoms with Crippen LogP contribution < -0.4 is 9.64 Å². The summed E-state index contributed by atoms with van der Waals surface area (Å²) in [6.45, 7) is 1.27. The lowest BCUT2D eigenvalue weighted by molar-refractivity contribution is -0.141. The molecule has 27 heavy (non-hydrogen) atoms. The summed E-state index contributed by atoms with van der Waals surface area (Å²) in [6.07, 6.45) is 4.76. The molecule has 0 aliphatic carbocycles. The van der Waals surface area contributed by atoms with Crippen LogP contribution in [-0.4, -0.2) is 53.5 Å². The summed E-state index contributed by atoms with van der Waals surface area (Å²) in [4.78, 5) is 38.8. The molecule has 0 spiro atoms. The van der Waals surface area contributed by atoms with Gasteiger partial charge in [0.15, 0.2) is 6.61 Å². The quantitative estimate of drug-likeness (QED) is 0.792. The van der Waals surface area contributed by atoms with Gasteiger partial charge in [0.2, 0.25) is 5.91 Å². The number of nitrogens with zero attached hydrogens (tertiary/aromatic N) is 2. The lowest BCUT2D eigenvalue weighted by Gasteiger charge is -2.35. The number of carboxylic acids is 1. The Labute approximate surface area is 158 Å². The van der Waals surface area contributed by atoms with Gasteiger partial charge in [-0.15, -0.1) is 0 Å². The summed E-state index contributed by atoms with van der Waals surface area (Å²) in [5.41, 5.74) is 0.791. The number of rotatable bonds is 7. The molecule has 146 valence electrons. The first-order valence-electron chi connectivity index (χ1n) is 9.59. The number of benzene rings is 1. The maximum absolute atomic E-state index is 12.6. The Hall–Kier alpha value is -2.57. The molecule has 0 radical (unpaired) electrons. The largest absolute Gasteiger partial charge is 0.484 e. The van der Waals surface area contributed by atoms with Crippen molar-refractivity contribution in [2.45, 2.75) is 51.0 Å². The van der Waals surface area contributed by atoms with E-state index in [2.05, 4.69) is 0 Å². The smallest absolute Gasteiger partial charge is 0.303 e. The fraction of sp³-hybridized carbons (Fsp3) is 0.550. The molecule has 2 amide bonds. The van der Waals surface area contributed by atoms with E-state index in [1.165, 1.54) is 0 Å². The predicted molar refractivity (Wildman–Crippen MR) is 99.7 cm³/mol. The first-order valence-corrected chi connectivity index (χ1v) is 9.59. The molecule has 0 bridgehead atoms. The SMILES string of the molecule is O=C(O)CCC1CCCCN1C(=O)COc1cccc(N2CCCC2=O)c1. The average Bonchev–Trinajstić information content (AvgIpc) is 3.11. The Morgan fingerprint density at radius 2 is 2.04 bits per heavy atom. The highest BCUT2D eigenvalue weighted by molar-refractivity contribution is 5.95. The lowest BCUT2D eigenvalue weighted by atomic mass is 9.98. The fourth-order valence-electron chi connectivity index (χ4n) is 3.81. The van der Waals surface area contributed by atoms with Gasteiger partial charge in [-0.05, 0) is 44.2 Å². The highest BCUT2D eigenvalue weighted by Crippen LogP contribution is 2.26. The second-order valence-corrected chi connectivity index (χ2v) is 7.10. The second-order valence-electron chi connectivity index (χ2n) is 7.10. The van der Waals surface area contributed by atoms with Gasteiger partial charge in [0, 0.05) is 43.7 Å². The third-order valence-corrected chi connectivity index (χ3v) is 5.20. The lowest BCUT2D eigenvalue weighted by Crippen LogP contribution is -2.46. The zero-order chi connectivity index (χ0) is 19.2. The number of hydrogen-bond acceptors (Lipinski definition) is 4. The zero-order valence-electron chi connectivity index (χ0n) is 15.4. The summed E-state index contributed by atoms with van der Waals surface area (Å²) in [5, 5.41) is 8.90. The van der Waals surface area contributed by atoms with Crippen LogP contribution in [0.25, 0.3) is 0 Å². The predicted octanol–water partition coefficient (Wildman–Crippen LogP) is 2.44. The van der Waals surface area contributed by atoms with E-state index < -0.39 is 5.97 Å². The molecule has 0 saturated carbocycles. The van der Waals surface area contributed by atoms with Crippen LogP contribution in [0.2, 0.25) is 0 Å². The highest BCUT2D eigenvalue weighted by atomic mass is 16.5. The van der Waals surface area contributed by atoms with Crippen molar-refractivity contribution in [1.82, 2.24) is 4.90 Å². The van der Waals surface area contributed by atoms with Crippen LogP contribution in [0.1, 0.15) is 44.9 Å². The van der Waals surface area contributed by atoms with Crippen molar-refractivity contribution < 1.29 is 24.2 Å². The average molecular weight is 374 g/mol. The van der Waals surface area contributed by atoms with Crippen LogP contribution in [0.15, 0.2) is 24.3 Å². The molecule has 2 saturated heterocycles. The van der Waals surface area contributed by atoms with Crippen molar-refractivity contribution in [2.75, 3.05) is 24.6 Å². The Balaban J connectivity index is 1.57. The molecular weight excluding hydrogens is 348 g/mol. The third-order valence-electron chi connectivity index (χ3n) is 5.20. The summed E-state index contributed by atoms with van der Waals surface area (Å²) in [6, 6.07) is 7.21. The Kier molecular flexibility index (Phi) is 6.32. The minimum Gasteiger partial charge on any atom is -0.484 e. The Morgan fingerprint density at radius 1 is 1.19 bits per heavy atom.